The normalized spacial score (nSPS) is 15.3. The van der Waals surface area contributed by atoms with E-state index >= 15 is 0 Å². The Balaban J connectivity index is 1.83. The Morgan fingerprint density at radius 3 is 2.41 bits per heavy atom. The summed E-state index contributed by atoms with van der Waals surface area (Å²) in [5.74, 6) is 0.123. The summed E-state index contributed by atoms with van der Waals surface area (Å²) in [4.78, 5) is 0.163. The summed E-state index contributed by atoms with van der Waals surface area (Å²) in [6.45, 7) is 2.56. The van der Waals surface area contributed by atoms with E-state index in [1.54, 1.807) is 24.3 Å². The predicted molar refractivity (Wildman–Crippen MR) is 110 cm³/mol. The molecule has 1 aliphatic rings. The SMILES string of the molecule is CCCS(=O)(=O)N1CCc2ccc(NS(=O)(=O)c3ccc(Br)cc3)cc2C1. The predicted octanol–water partition coefficient (Wildman–Crippen LogP) is 3.35. The van der Waals surface area contributed by atoms with Gasteiger partial charge in [-0.3, -0.25) is 4.72 Å². The highest BCUT2D eigenvalue weighted by atomic mass is 79.9. The van der Waals surface area contributed by atoms with Crippen molar-refractivity contribution in [2.24, 2.45) is 0 Å². The third kappa shape index (κ3) is 4.71. The second-order valence-corrected chi connectivity index (χ2v) is 11.1. The number of fused-ring (bicyclic) bond motifs is 1. The summed E-state index contributed by atoms with van der Waals surface area (Å²) in [6, 6.07) is 11.7. The maximum atomic E-state index is 12.6. The van der Waals surface area contributed by atoms with E-state index in [0.29, 0.717) is 25.1 Å². The Morgan fingerprint density at radius 2 is 1.74 bits per heavy atom. The fourth-order valence-electron chi connectivity index (χ4n) is 3.05. The van der Waals surface area contributed by atoms with E-state index in [-0.39, 0.29) is 17.2 Å². The number of rotatable bonds is 6. The first kappa shape index (κ1) is 20.3. The molecule has 0 bridgehead atoms. The van der Waals surface area contributed by atoms with Crippen LogP contribution >= 0.6 is 15.9 Å². The zero-order valence-corrected chi connectivity index (χ0v) is 18.1. The van der Waals surface area contributed by atoms with E-state index in [4.69, 9.17) is 0 Å². The van der Waals surface area contributed by atoms with E-state index in [9.17, 15) is 16.8 Å². The first-order valence-corrected chi connectivity index (χ1v) is 12.5. The molecule has 1 heterocycles. The molecule has 9 heteroatoms. The standard InChI is InChI=1S/C18H21BrN2O4S2/c1-2-11-26(22,23)21-10-9-14-3-6-17(12-15(14)13-21)20-27(24,25)18-7-4-16(19)5-8-18/h3-8,12,20H,2,9-11,13H2,1H3. The van der Waals surface area contributed by atoms with Gasteiger partial charge in [0.25, 0.3) is 10.0 Å². The van der Waals surface area contributed by atoms with Crippen LogP contribution < -0.4 is 4.72 Å². The lowest BCUT2D eigenvalue weighted by atomic mass is 10.0. The molecule has 1 aliphatic heterocycles. The highest BCUT2D eigenvalue weighted by Gasteiger charge is 2.26. The van der Waals surface area contributed by atoms with Crippen LogP contribution in [0.15, 0.2) is 51.8 Å². The summed E-state index contributed by atoms with van der Waals surface area (Å²) in [5.41, 5.74) is 2.30. The van der Waals surface area contributed by atoms with Crippen LogP contribution in [0.5, 0.6) is 0 Å². The first-order valence-electron chi connectivity index (χ1n) is 8.59. The fourth-order valence-corrected chi connectivity index (χ4v) is 5.84. The maximum Gasteiger partial charge on any atom is 0.261 e. The van der Waals surface area contributed by atoms with Crippen LogP contribution in [0.3, 0.4) is 0 Å². The van der Waals surface area contributed by atoms with Crippen molar-refractivity contribution in [3.05, 3.63) is 58.1 Å². The Hall–Kier alpha value is -1.42. The highest BCUT2D eigenvalue weighted by Crippen LogP contribution is 2.26. The number of benzene rings is 2. The zero-order chi connectivity index (χ0) is 19.7. The molecule has 0 atom stereocenters. The number of hydrogen-bond acceptors (Lipinski definition) is 4. The summed E-state index contributed by atoms with van der Waals surface area (Å²) in [7, 11) is -6.99. The molecule has 2 aromatic rings. The van der Waals surface area contributed by atoms with Crippen molar-refractivity contribution >= 4 is 41.7 Å². The lowest BCUT2D eigenvalue weighted by molar-refractivity contribution is 0.391. The van der Waals surface area contributed by atoms with E-state index in [1.165, 1.54) is 16.4 Å². The number of nitrogens with one attached hydrogen (secondary N) is 1. The number of halogens is 1. The van der Waals surface area contributed by atoms with Crippen molar-refractivity contribution < 1.29 is 16.8 Å². The van der Waals surface area contributed by atoms with Gasteiger partial charge in [-0.05, 0) is 60.4 Å². The highest BCUT2D eigenvalue weighted by molar-refractivity contribution is 9.10. The largest absolute Gasteiger partial charge is 0.280 e. The molecular weight excluding hydrogens is 452 g/mol. The lowest BCUT2D eigenvalue weighted by Crippen LogP contribution is -2.37. The van der Waals surface area contributed by atoms with E-state index in [1.807, 2.05) is 13.0 Å². The number of anilines is 1. The van der Waals surface area contributed by atoms with Gasteiger partial charge in [-0.15, -0.1) is 0 Å². The molecule has 0 radical (unpaired) electrons. The fraction of sp³-hybridized carbons (Fsp3) is 0.333. The molecule has 27 heavy (non-hydrogen) atoms. The minimum atomic E-state index is -3.71. The second kappa shape index (κ2) is 7.90. The first-order chi connectivity index (χ1) is 12.7. The average Bonchev–Trinajstić information content (AvgIpc) is 2.61. The van der Waals surface area contributed by atoms with Gasteiger partial charge in [0.1, 0.15) is 0 Å². The third-order valence-corrected chi connectivity index (χ3v) is 8.36. The van der Waals surface area contributed by atoms with Crippen LogP contribution in [-0.2, 0) is 33.0 Å². The molecule has 0 fully saturated rings. The van der Waals surface area contributed by atoms with Gasteiger partial charge in [-0.2, -0.15) is 4.31 Å². The molecule has 3 rings (SSSR count). The minimum absolute atomic E-state index is 0.123. The zero-order valence-electron chi connectivity index (χ0n) is 14.9. The average molecular weight is 473 g/mol. The third-order valence-electron chi connectivity index (χ3n) is 4.42. The Morgan fingerprint density at radius 1 is 1.04 bits per heavy atom. The molecule has 0 saturated carbocycles. The van der Waals surface area contributed by atoms with Crippen molar-refractivity contribution in [2.75, 3.05) is 17.0 Å². The van der Waals surface area contributed by atoms with Crippen LogP contribution in [0, 0.1) is 0 Å². The van der Waals surface area contributed by atoms with Crippen LogP contribution in [0.25, 0.3) is 0 Å². The van der Waals surface area contributed by atoms with E-state index in [0.717, 1.165) is 15.6 Å². The van der Waals surface area contributed by atoms with Gasteiger partial charge >= 0.3 is 0 Å². The Kier molecular flexibility index (Phi) is 5.95. The monoisotopic (exact) mass is 472 g/mol. The Bertz CT molecular complexity index is 1040. The molecule has 0 aliphatic carbocycles. The minimum Gasteiger partial charge on any atom is -0.280 e. The van der Waals surface area contributed by atoms with Crippen molar-refractivity contribution in [3.8, 4) is 0 Å². The van der Waals surface area contributed by atoms with Gasteiger partial charge in [0.2, 0.25) is 10.0 Å². The van der Waals surface area contributed by atoms with Gasteiger partial charge in [0.15, 0.2) is 0 Å². The summed E-state index contributed by atoms with van der Waals surface area (Å²) in [6.07, 6.45) is 1.19. The quantitative estimate of drug-likeness (QED) is 0.698. The summed E-state index contributed by atoms with van der Waals surface area (Å²) < 4.78 is 54.6. The summed E-state index contributed by atoms with van der Waals surface area (Å²) in [5, 5.41) is 0. The molecule has 0 unspecified atom stereocenters. The molecule has 0 aromatic heterocycles. The van der Waals surface area contributed by atoms with E-state index < -0.39 is 20.0 Å². The van der Waals surface area contributed by atoms with Gasteiger partial charge < -0.3 is 0 Å². The van der Waals surface area contributed by atoms with Gasteiger partial charge in [-0.1, -0.05) is 28.9 Å². The molecule has 2 aromatic carbocycles. The number of nitrogens with zero attached hydrogens (tertiary/aromatic N) is 1. The number of sulfonamides is 2. The van der Waals surface area contributed by atoms with Crippen molar-refractivity contribution in [2.45, 2.75) is 31.2 Å². The van der Waals surface area contributed by atoms with Gasteiger partial charge in [-0.25, -0.2) is 16.8 Å². The van der Waals surface area contributed by atoms with Crippen LogP contribution in [0.4, 0.5) is 5.69 Å². The Labute approximate surface area is 168 Å². The van der Waals surface area contributed by atoms with Crippen LogP contribution in [-0.4, -0.2) is 33.4 Å². The lowest BCUT2D eigenvalue weighted by Gasteiger charge is -2.28. The topological polar surface area (TPSA) is 83.6 Å². The van der Waals surface area contributed by atoms with Gasteiger partial charge in [0.05, 0.1) is 10.6 Å². The van der Waals surface area contributed by atoms with Gasteiger partial charge in [0, 0.05) is 23.2 Å². The summed E-state index contributed by atoms with van der Waals surface area (Å²) >= 11 is 3.28. The molecular formula is C18H21BrN2O4S2. The molecule has 0 amide bonds. The van der Waals surface area contributed by atoms with Crippen LogP contribution in [0.1, 0.15) is 24.5 Å². The van der Waals surface area contributed by atoms with Crippen molar-refractivity contribution in [1.82, 2.24) is 4.31 Å². The molecule has 1 N–H and O–H groups in total. The maximum absolute atomic E-state index is 12.6. The second-order valence-electron chi connectivity index (χ2n) is 6.44. The van der Waals surface area contributed by atoms with Crippen molar-refractivity contribution in [3.63, 3.8) is 0 Å². The molecule has 6 nitrogen and oxygen atoms in total. The van der Waals surface area contributed by atoms with Crippen LogP contribution in [0.2, 0.25) is 0 Å². The number of hydrogen-bond donors (Lipinski definition) is 1. The van der Waals surface area contributed by atoms with E-state index in [2.05, 4.69) is 20.7 Å². The van der Waals surface area contributed by atoms with Crippen molar-refractivity contribution in [1.29, 1.82) is 0 Å². The molecule has 0 saturated heterocycles. The molecule has 0 spiro atoms. The molecule has 146 valence electrons. The smallest absolute Gasteiger partial charge is 0.261 e.